The van der Waals surface area contributed by atoms with Crippen LogP contribution in [-0.4, -0.2) is 23.7 Å². The molecular weight excluding hydrogens is 856 g/mol. The highest BCUT2D eigenvalue weighted by molar-refractivity contribution is 6.78. The minimum Gasteiger partial charge on any atom is -0.339 e. The molecule has 0 bridgehead atoms. The van der Waals surface area contributed by atoms with Gasteiger partial charge in [0, 0.05) is 28.2 Å². The number of hydrogen-bond donors (Lipinski definition) is 0. The maximum Gasteiger partial charge on any atom is 0.221 e. The molecular formula is C68H85BN2. The van der Waals surface area contributed by atoms with Gasteiger partial charge in [-0.05, 0) is 184 Å². The normalized spacial score (nSPS) is 31.6. The van der Waals surface area contributed by atoms with Gasteiger partial charge in [0.05, 0.1) is 12.1 Å². The first-order chi connectivity index (χ1) is 35.1. The van der Waals surface area contributed by atoms with Crippen LogP contribution in [0.3, 0.4) is 0 Å². The average Bonchev–Trinajstić information content (AvgIpc) is 3.46. The second kappa shape index (κ2) is 20.2. The molecule has 5 fully saturated rings. The number of fused-ring (bicyclic) bond motifs is 4. The maximum atomic E-state index is 3.02. The van der Waals surface area contributed by atoms with Crippen LogP contribution in [0.2, 0.25) is 5.82 Å². The number of nitrogens with zero attached hydrogens (tertiary/aromatic N) is 2. The summed E-state index contributed by atoms with van der Waals surface area (Å²) in [6.45, 7) is 3.04. The second-order valence-corrected chi connectivity index (χ2v) is 25.0. The Kier molecular flexibility index (Phi) is 13.3. The smallest absolute Gasteiger partial charge is 0.221 e. The van der Waals surface area contributed by atoms with E-state index in [1.165, 1.54) is 152 Å². The lowest BCUT2D eigenvalue weighted by molar-refractivity contribution is 0.267. The molecule has 2 nitrogen and oxygen atoms in total. The molecule has 370 valence electrons. The molecule has 1 saturated heterocycles. The van der Waals surface area contributed by atoms with Gasteiger partial charge in [0.1, 0.15) is 0 Å². The summed E-state index contributed by atoms with van der Waals surface area (Å²) in [5.41, 5.74) is 17.5. The molecule has 4 saturated carbocycles. The lowest BCUT2D eigenvalue weighted by Crippen LogP contribution is -2.59. The summed E-state index contributed by atoms with van der Waals surface area (Å²) in [4.78, 5) is 5.96. The van der Waals surface area contributed by atoms with Crippen LogP contribution in [0.15, 0.2) is 166 Å². The van der Waals surface area contributed by atoms with Crippen molar-refractivity contribution in [2.24, 2.45) is 35.0 Å². The Bertz CT molecular complexity index is 2550. The quantitative estimate of drug-likeness (QED) is 0.228. The Morgan fingerprint density at radius 3 is 2.01 bits per heavy atom. The minimum atomic E-state index is -0.113. The van der Waals surface area contributed by atoms with Crippen LogP contribution in [-0.2, 0) is 0 Å². The fourth-order valence-corrected chi connectivity index (χ4v) is 17.2. The molecule has 2 heterocycles. The molecule has 0 amide bonds. The molecule has 6 unspecified atom stereocenters. The second-order valence-electron chi connectivity index (χ2n) is 25.0. The molecule has 0 spiro atoms. The lowest BCUT2D eigenvalue weighted by atomic mass is 9.25. The predicted octanol–water partition coefficient (Wildman–Crippen LogP) is 18.2. The highest BCUT2D eigenvalue weighted by atomic mass is 15.2. The van der Waals surface area contributed by atoms with Crippen LogP contribution in [0.1, 0.15) is 192 Å². The average molecular weight is 941 g/mol. The monoisotopic (exact) mass is 941 g/mol. The molecule has 71 heavy (non-hydrogen) atoms. The minimum absolute atomic E-state index is 0.113. The SMILES string of the molecule is CC(C1=CCCC=C1)(C1=CC=CCC1)C1C=C2C3=C(C1)N(C1=CCC(C4CCCCC4)C=C1)C1CC=C(C4CCCCC4)C=C1B3C1C=C(C3CCCCC3)C=CC1N2c1ccc(C2CCCCC2)cc1. The zero-order valence-electron chi connectivity index (χ0n) is 43.7. The predicted molar refractivity (Wildman–Crippen MR) is 301 cm³/mol. The van der Waals surface area contributed by atoms with Crippen molar-refractivity contribution in [1.82, 2.24) is 4.90 Å². The van der Waals surface area contributed by atoms with E-state index in [1.807, 2.05) is 0 Å². The Balaban J connectivity index is 1.02. The first-order valence-electron chi connectivity index (χ1n) is 30.2. The van der Waals surface area contributed by atoms with Gasteiger partial charge in [-0.25, -0.2) is 0 Å². The van der Waals surface area contributed by atoms with Crippen molar-refractivity contribution in [3.05, 3.63) is 171 Å². The Morgan fingerprint density at radius 2 is 1.34 bits per heavy atom. The maximum absolute atomic E-state index is 3.02. The van der Waals surface area contributed by atoms with Crippen molar-refractivity contribution in [2.45, 2.75) is 204 Å². The van der Waals surface area contributed by atoms with Crippen LogP contribution in [0.5, 0.6) is 0 Å². The van der Waals surface area contributed by atoms with Crippen molar-refractivity contribution >= 4 is 12.4 Å². The summed E-state index contributed by atoms with van der Waals surface area (Å²) < 4.78 is 0. The number of hydrogen-bond acceptors (Lipinski definition) is 2. The summed E-state index contributed by atoms with van der Waals surface area (Å²) >= 11 is 0. The molecule has 2 aliphatic heterocycles. The van der Waals surface area contributed by atoms with E-state index in [0.717, 1.165) is 44.4 Å². The summed E-state index contributed by atoms with van der Waals surface area (Å²) in [7, 11) is 0. The van der Waals surface area contributed by atoms with Gasteiger partial charge in [-0.1, -0.05) is 192 Å². The van der Waals surface area contributed by atoms with Crippen molar-refractivity contribution in [3.63, 3.8) is 0 Å². The summed E-state index contributed by atoms with van der Waals surface area (Å²) in [5.74, 6) is 4.36. The largest absolute Gasteiger partial charge is 0.339 e. The number of allylic oxidation sites excluding steroid dienone is 18. The van der Waals surface area contributed by atoms with E-state index in [9.17, 15) is 0 Å². The topological polar surface area (TPSA) is 6.48 Å². The molecule has 0 radical (unpaired) electrons. The summed E-state index contributed by atoms with van der Waals surface area (Å²) in [6.07, 6.45) is 75.7. The van der Waals surface area contributed by atoms with Crippen molar-refractivity contribution in [1.29, 1.82) is 0 Å². The Labute approximate surface area is 430 Å². The molecule has 13 rings (SSSR count). The fraction of sp³-hybridized carbons (Fsp3) is 0.559. The van der Waals surface area contributed by atoms with Gasteiger partial charge in [-0.3, -0.25) is 0 Å². The van der Waals surface area contributed by atoms with Crippen LogP contribution in [0, 0.1) is 35.0 Å². The van der Waals surface area contributed by atoms with Gasteiger partial charge in [0.15, 0.2) is 0 Å². The first kappa shape index (κ1) is 46.5. The Hall–Kier alpha value is -4.24. The van der Waals surface area contributed by atoms with E-state index in [2.05, 4.69) is 132 Å². The third kappa shape index (κ3) is 8.66. The van der Waals surface area contributed by atoms with Crippen molar-refractivity contribution in [2.75, 3.05) is 4.90 Å². The lowest BCUT2D eigenvalue weighted by Gasteiger charge is -2.58. The van der Waals surface area contributed by atoms with Crippen LogP contribution < -0.4 is 4.90 Å². The van der Waals surface area contributed by atoms with E-state index < -0.39 is 0 Å². The molecule has 1 aromatic rings. The molecule has 0 N–H and O–H groups in total. The molecule has 10 aliphatic carbocycles. The zero-order chi connectivity index (χ0) is 47.3. The van der Waals surface area contributed by atoms with E-state index in [0.29, 0.717) is 48.2 Å². The van der Waals surface area contributed by atoms with Crippen LogP contribution >= 0.6 is 0 Å². The number of rotatable bonds is 9. The van der Waals surface area contributed by atoms with Gasteiger partial charge >= 0.3 is 0 Å². The van der Waals surface area contributed by atoms with E-state index >= 15 is 0 Å². The van der Waals surface area contributed by atoms with Gasteiger partial charge in [0.25, 0.3) is 0 Å². The molecule has 3 heteroatoms. The molecule has 6 atom stereocenters. The highest BCUT2D eigenvalue weighted by Crippen LogP contribution is 2.60. The van der Waals surface area contributed by atoms with Crippen molar-refractivity contribution in [3.8, 4) is 0 Å². The third-order valence-corrected chi connectivity index (χ3v) is 21.2. The summed E-state index contributed by atoms with van der Waals surface area (Å²) in [5, 5.41) is 0. The summed E-state index contributed by atoms with van der Waals surface area (Å²) in [6, 6.07) is 10.9. The van der Waals surface area contributed by atoms with Crippen molar-refractivity contribution < 1.29 is 0 Å². The molecule has 0 aromatic heterocycles. The standard InChI is InChI=1S/C68H85BN2/c1-68(56-28-16-6-17-29-56,57-30-18-7-19-31-57)58-46-65-67-66(47-58)71(60-40-34-53(35-41-60)49-22-10-3-11-23-49)64-43-37-55(51-26-14-5-15-27-51)45-62(64)69(67)61-44-54(50-24-12-4-13-25-50)36-42-63(61)70(65)59-38-32-52(33-39-59)48-20-8-2-9-21-48/h6,16,18,28,30-34,36-42,44-46,48-51,53,58,61,63-64H,2-5,7-15,17,19-27,29,35,43,47H2,1H3. The van der Waals surface area contributed by atoms with E-state index in [-0.39, 0.29) is 11.5 Å². The fourth-order valence-electron chi connectivity index (χ4n) is 17.2. The Morgan fingerprint density at radius 1 is 0.620 bits per heavy atom. The molecule has 12 aliphatic rings. The molecule has 1 aromatic carbocycles. The number of benzene rings is 1. The van der Waals surface area contributed by atoms with Gasteiger partial charge in [0.2, 0.25) is 6.71 Å². The van der Waals surface area contributed by atoms with Gasteiger partial charge in [-0.2, -0.15) is 0 Å². The first-order valence-corrected chi connectivity index (χ1v) is 30.2. The van der Waals surface area contributed by atoms with Crippen LogP contribution in [0.25, 0.3) is 0 Å². The van der Waals surface area contributed by atoms with E-state index in [1.54, 1.807) is 44.5 Å². The number of anilines is 1. The zero-order valence-corrected chi connectivity index (χ0v) is 43.7. The van der Waals surface area contributed by atoms with Gasteiger partial charge in [-0.15, -0.1) is 0 Å². The van der Waals surface area contributed by atoms with Crippen LogP contribution in [0.4, 0.5) is 5.69 Å². The van der Waals surface area contributed by atoms with Gasteiger partial charge < -0.3 is 9.80 Å². The van der Waals surface area contributed by atoms with E-state index in [4.69, 9.17) is 0 Å². The third-order valence-electron chi connectivity index (χ3n) is 21.2. The highest BCUT2D eigenvalue weighted by Gasteiger charge is 2.56.